The van der Waals surface area contributed by atoms with Crippen LogP contribution in [-0.4, -0.2) is 53.3 Å². The Morgan fingerprint density at radius 2 is 1.96 bits per heavy atom. The summed E-state index contributed by atoms with van der Waals surface area (Å²) < 4.78 is 10.1. The molecule has 1 aliphatic carbocycles. The lowest BCUT2D eigenvalue weighted by Crippen LogP contribution is -2.21. The highest BCUT2D eigenvalue weighted by Crippen LogP contribution is 2.36. The highest BCUT2D eigenvalue weighted by atomic mass is 16.5. The van der Waals surface area contributed by atoms with Crippen LogP contribution in [0, 0.1) is 11.8 Å². The summed E-state index contributed by atoms with van der Waals surface area (Å²) in [5.41, 5.74) is 0. The Kier molecular flexibility index (Phi) is 9.20. The topological polar surface area (TPSA) is 96.2 Å². The molecule has 1 fully saturated rings. The molecule has 0 spiro atoms. The number of benzene rings is 1. The molecule has 1 aromatic rings. The Morgan fingerprint density at radius 3 is 2.68 bits per heavy atom. The molecule has 1 saturated carbocycles. The van der Waals surface area contributed by atoms with E-state index in [4.69, 9.17) is 4.74 Å². The third-order valence-electron chi connectivity index (χ3n) is 4.95. The molecule has 0 aliphatic heterocycles. The van der Waals surface area contributed by atoms with Crippen LogP contribution < -0.4 is 4.74 Å². The minimum Gasteiger partial charge on any atom is -0.491 e. The van der Waals surface area contributed by atoms with Gasteiger partial charge in [0.15, 0.2) is 0 Å². The van der Waals surface area contributed by atoms with Crippen LogP contribution >= 0.6 is 0 Å². The van der Waals surface area contributed by atoms with Crippen molar-refractivity contribution in [2.24, 2.45) is 11.8 Å². The third-order valence-corrected chi connectivity index (χ3v) is 4.95. The van der Waals surface area contributed by atoms with Crippen LogP contribution in [0.4, 0.5) is 0 Å². The largest absolute Gasteiger partial charge is 0.491 e. The van der Waals surface area contributed by atoms with Crippen molar-refractivity contribution in [1.82, 2.24) is 0 Å². The average Bonchev–Trinajstić information content (AvgIpc) is 2.97. The van der Waals surface area contributed by atoms with Gasteiger partial charge in [0.25, 0.3) is 0 Å². The standard InChI is InChI=1S/C22H30O6/c1-27-22(26)11-7-3-6-10-18-19(21(25)14-20(18)24)13-12-16(23)15-28-17-8-4-2-5-9-17/h2-6,8-9,12-13,16,18-21,23-25H,7,10-11,14-15H2,1H3/b6-3+,13-12+/t16-,18-,19-,20+,21-/m1/s1. The van der Waals surface area contributed by atoms with Gasteiger partial charge in [0.05, 0.1) is 19.3 Å². The smallest absolute Gasteiger partial charge is 0.305 e. The first-order valence-electron chi connectivity index (χ1n) is 9.63. The number of hydrogen-bond donors (Lipinski definition) is 3. The average molecular weight is 390 g/mol. The first-order chi connectivity index (χ1) is 13.5. The number of para-hydroxylation sites is 1. The molecular weight excluding hydrogens is 360 g/mol. The van der Waals surface area contributed by atoms with Gasteiger partial charge in [0, 0.05) is 18.8 Å². The predicted octanol–water partition coefficient (Wildman–Crippen LogP) is 2.24. The van der Waals surface area contributed by atoms with Gasteiger partial charge in [-0.2, -0.15) is 0 Å². The first kappa shape index (κ1) is 22.1. The molecular formula is C22H30O6. The van der Waals surface area contributed by atoms with Gasteiger partial charge in [-0.1, -0.05) is 42.5 Å². The molecule has 0 amide bonds. The molecule has 0 heterocycles. The number of ether oxygens (including phenoxy) is 2. The van der Waals surface area contributed by atoms with Crippen LogP contribution in [0.2, 0.25) is 0 Å². The number of aliphatic hydroxyl groups excluding tert-OH is 3. The van der Waals surface area contributed by atoms with E-state index in [1.165, 1.54) is 7.11 Å². The zero-order valence-electron chi connectivity index (χ0n) is 16.2. The Labute approximate surface area is 166 Å². The first-order valence-corrected chi connectivity index (χ1v) is 9.63. The molecule has 28 heavy (non-hydrogen) atoms. The zero-order chi connectivity index (χ0) is 20.4. The van der Waals surface area contributed by atoms with E-state index in [1.54, 1.807) is 12.2 Å². The minimum absolute atomic E-state index is 0.115. The lowest BCUT2D eigenvalue weighted by atomic mass is 9.89. The van der Waals surface area contributed by atoms with Crippen LogP contribution in [0.25, 0.3) is 0 Å². The number of carbonyl (C=O) groups excluding carboxylic acids is 1. The Bertz CT molecular complexity index is 642. The molecule has 1 aliphatic rings. The highest BCUT2D eigenvalue weighted by Gasteiger charge is 2.39. The number of carbonyl (C=O) groups is 1. The summed E-state index contributed by atoms with van der Waals surface area (Å²) in [6, 6.07) is 9.24. The van der Waals surface area contributed by atoms with Crippen LogP contribution in [0.3, 0.4) is 0 Å². The maximum atomic E-state index is 11.1. The number of esters is 1. The van der Waals surface area contributed by atoms with Gasteiger partial charge >= 0.3 is 5.97 Å². The molecule has 154 valence electrons. The molecule has 6 nitrogen and oxygen atoms in total. The van der Waals surface area contributed by atoms with E-state index in [0.717, 1.165) is 0 Å². The SMILES string of the molecule is COC(=O)CC/C=C/C[C@@H]1[C@@H](/C=C/[C@@H](O)COc2ccccc2)[C@H](O)C[C@@H]1O. The van der Waals surface area contributed by atoms with Crippen molar-refractivity contribution in [3.05, 3.63) is 54.6 Å². The molecule has 5 atom stereocenters. The normalized spacial score (nSPS) is 26.0. The highest BCUT2D eigenvalue weighted by molar-refractivity contribution is 5.69. The molecule has 3 N–H and O–H groups in total. The third kappa shape index (κ3) is 7.11. The number of aliphatic hydroxyl groups is 3. The second kappa shape index (κ2) is 11.6. The van der Waals surface area contributed by atoms with Gasteiger partial charge < -0.3 is 24.8 Å². The van der Waals surface area contributed by atoms with Crippen molar-refractivity contribution in [1.29, 1.82) is 0 Å². The molecule has 0 radical (unpaired) electrons. The number of methoxy groups -OCH3 is 1. The van der Waals surface area contributed by atoms with E-state index in [9.17, 15) is 20.1 Å². The monoisotopic (exact) mass is 390 g/mol. The van der Waals surface area contributed by atoms with E-state index < -0.39 is 18.3 Å². The van der Waals surface area contributed by atoms with Crippen LogP contribution in [0.5, 0.6) is 5.75 Å². The van der Waals surface area contributed by atoms with Gasteiger partial charge in [0.1, 0.15) is 18.5 Å². The van der Waals surface area contributed by atoms with Crippen molar-refractivity contribution in [2.75, 3.05) is 13.7 Å². The molecule has 0 bridgehead atoms. The van der Waals surface area contributed by atoms with E-state index in [2.05, 4.69) is 4.74 Å². The van der Waals surface area contributed by atoms with Crippen molar-refractivity contribution in [2.45, 2.75) is 44.0 Å². The van der Waals surface area contributed by atoms with Crippen LogP contribution in [0.15, 0.2) is 54.6 Å². The zero-order valence-corrected chi connectivity index (χ0v) is 16.2. The Balaban J connectivity index is 1.83. The molecule has 2 rings (SSSR count). The second-order valence-electron chi connectivity index (χ2n) is 7.01. The summed E-state index contributed by atoms with van der Waals surface area (Å²) in [5, 5.41) is 30.6. The molecule has 6 heteroatoms. The fraction of sp³-hybridized carbons (Fsp3) is 0.500. The lowest BCUT2D eigenvalue weighted by Gasteiger charge is -2.19. The van der Waals surface area contributed by atoms with Gasteiger partial charge in [-0.25, -0.2) is 0 Å². The van der Waals surface area contributed by atoms with Crippen LogP contribution in [-0.2, 0) is 9.53 Å². The number of hydrogen-bond acceptors (Lipinski definition) is 6. The number of rotatable bonds is 10. The van der Waals surface area contributed by atoms with Gasteiger partial charge in [0.2, 0.25) is 0 Å². The second-order valence-corrected chi connectivity index (χ2v) is 7.01. The predicted molar refractivity (Wildman–Crippen MR) is 106 cm³/mol. The summed E-state index contributed by atoms with van der Waals surface area (Å²) in [6.07, 6.45) is 6.93. The lowest BCUT2D eigenvalue weighted by molar-refractivity contribution is -0.140. The Morgan fingerprint density at radius 1 is 1.21 bits per heavy atom. The summed E-state index contributed by atoms with van der Waals surface area (Å²) in [5.74, 6) is 0.0456. The maximum Gasteiger partial charge on any atom is 0.305 e. The summed E-state index contributed by atoms with van der Waals surface area (Å²) in [4.78, 5) is 11.1. The summed E-state index contributed by atoms with van der Waals surface area (Å²) in [6.45, 7) is 0.115. The Hall–Kier alpha value is -2.15. The van der Waals surface area contributed by atoms with Crippen molar-refractivity contribution < 1.29 is 29.6 Å². The molecule has 0 saturated heterocycles. The van der Waals surface area contributed by atoms with Crippen molar-refractivity contribution in [3.8, 4) is 5.75 Å². The van der Waals surface area contributed by atoms with E-state index in [1.807, 2.05) is 42.5 Å². The van der Waals surface area contributed by atoms with Crippen molar-refractivity contribution >= 4 is 5.97 Å². The van der Waals surface area contributed by atoms with Crippen molar-refractivity contribution in [3.63, 3.8) is 0 Å². The fourth-order valence-electron chi connectivity index (χ4n) is 3.39. The fourth-order valence-corrected chi connectivity index (χ4v) is 3.39. The van der Waals surface area contributed by atoms with Gasteiger partial charge in [-0.05, 0) is 30.9 Å². The molecule has 1 aromatic carbocycles. The number of allylic oxidation sites excluding steroid dienone is 2. The van der Waals surface area contributed by atoms with Gasteiger partial charge in [-0.15, -0.1) is 0 Å². The summed E-state index contributed by atoms with van der Waals surface area (Å²) >= 11 is 0. The summed E-state index contributed by atoms with van der Waals surface area (Å²) in [7, 11) is 1.36. The minimum atomic E-state index is -0.804. The van der Waals surface area contributed by atoms with E-state index in [0.29, 0.717) is 31.4 Å². The van der Waals surface area contributed by atoms with E-state index >= 15 is 0 Å². The maximum absolute atomic E-state index is 11.1. The van der Waals surface area contributed by atoms with Crippen LogP contribution in [0.1, 0.15) is 25.7 Å². The quantitative estimate of drug-likeness (QED) is 0.419. The molecule has 0 unspecified atom stereocenters. The molecule has 0 aromatic heterocycles. The van der Waals surface area contributed by atoms with E-state index in [-0.39, 0.29) is 24.4 Å². The van der Waals surface area contributed by atoms with Gasteiger partial charge in [-0.3, -0.25) is 4.79 Å².